The molecule has 0 radical (unpaired) electrons. The molecule has 2 atom stereocenters. The first-order valence-electron chi connectivity index (χ1n) is 10.6. The number of amides is 1. The molecule has 0 N–H and O–H groups in total. The van der Waals surface area contributed by atoms with E-state index in [9.17, 15) is 4.79 Å². The molecular weight excluding hydrogens is 378 g/mol. The van der Waals surface area contributed by atoms with Gasteiger partial charge in [0.05, 0.1) is 6.04 Å². The van der Waals surface area contributed by atoms with Crippen LogP contribution in [0.2, 0.25) is 0 Å². The quantitative estimate of drug-likeness (QED) is 0.608. The van der Waals surface area contributed by atoms with Crippen LogP contribution in [0.25, 0.3) is 5.57 Å². The average molecular weight is 408 g/mol. The fourth-order valence-corrected chi connectivity index (χ4v) is 4.65. The number of carbonyl (C=O) groups is 1. The van der Waals surface area contributed by atoms with Gasteiger partial charge in [0.2, 0.25) is 0 Å². The summed E-state index contributed by atoms with van der Waals surface area (Å²) in [5.74, 6) is 0. The summed E-state index contributed by atoms with van der Waals surface area (Å²) in [6.45, 7) is 0.304. The lowest BCUT2D eigenvalue weighted by atomic mass is 9.82. The summed E-state index contributed by atoms with van der Waals surface area (Å²) in [6, 6.07) is 18.2. The summed E-state index contributed by atoms with van der Waals surface area (Å²) < 4.78 is 16.7. The Labute approximate surface area is 178 Å². The van der Waals surface area contributed by atoms with Gasteiger partial charge in [-0.2, -0.15) is 0 Å². The molecule has 1 saturated heterocycles. The van der Waals surface area contributed by atoms with E-state index in [0.717, 1.165) is 42.4 Å². The van der Waals surface area contributed by atoms with Crippen LogP contribution in [0.5, 0.6) is 0 Å². The molecule has 1 fully saturated rings. The van der Waals surface area contributed by atoms with Gasteiger partial charge in [0.15, 0.2) is 6.29 Å². The molecule has 30 heavy (non-hydrogen) atoms. The highest BCUT2D eigenvalue weighted by Crippen LogP contribution is 2.39. The molecule has 2 aliphatic heterocycles. The van der Waals surface area contributed by atoms with Crippen LogP contribution >= 0.6 is 0 Å². The number of hydrogen-bond donors (Lipinski definition) is 0. The molecule has 0 spiro atoms. The molecule has 0 aliphatic carbocycles. The Bertz CT molecular complexity index is 891. The lowest BCUT2D eigenvalue weighted by molar-refractivity contribution is -0.106. The molecule has 2 aromatic rings. The van der Waals surface area contributed by atoms with Crippen molar-refractivity contribution in [3.63, 3.8) is 0 Å². The third kappa shape index (κ3) is 4.27. The standard InChI is InChI=1S/C25H29NO4/c1-28-24(29-2)23-14-7-6-13-22(23)19-15-20-11-8-12-21(16-19)26(20)25(27)30-17-18-9-4-3-5-10-18/h3-7,9-10,13-15,20-21,24H,8,11-12,16-17H2,1-2H3. The predicted molar refractivity (Wildman–Crippen MR) is 116 cm³/mol. The fourth-order valence-electron chi connectivity index (χ4n) is 4.65. The summed E-state index contributed by atoms with van der Waals surface area (Å²) in [6.07, 6.45) is 5.51. The molecule has 2 bridgehead atoms. The van der Waals surface area contributed by atoms with Crippen molar-refractivity contribution in [2.75, 3.05) is 14.2 Å². The van der Waals surface area contributed by atoms with Crippen LogP contribution in [0.15, 0.2) is 60.7 Å². The van der Waals surface area contributed by atoms with Crippen molar-refractivity contribution in [2.24, 2.45) is 0 Å². The van der Waals surface area contributed by atoms with E-state index >= 15 is 0 Å². The van der Waals surface area contributed by atoms with Crippen molar-refractivity contribution in [3.8, 4) is 0 Å². The number of piperidine rings is 1. The normalized spacial score (nSPS) is 20.8. The van der Waals surface area contributed by atoms with E-state index < -0.39 is 6.29 Å². The lowest BCUT2D eigenvalue weighted by Crippen LogP contribution is -2.51. The van der Waals surface area contributed by atoms with Crippen molar-refractivity contribution >= 4 is 11.7 Å². The van der Waals surface area contributed by atoms with Gasteiger partial charge < -0.3 is 14.2 Å². The van der Waals surface area contributed by atoms with Gasteiger partial charge in [-0.3, -0.25) is 4.90 Å². The van der Waals surface area contributed by atoms with Crippen LogP contribution in [0.1, 0.15) is 48.7 Å². The number of carbonyl (C=O) groups excluding carboxylic acids is 1. The van der Waals surface area contributed by atoms with Gasteiger partial charge in [0.25, 0.3) is 0 Å². The summed E-state index contributed by atoms with van der Waals surface area (Å²) in [5, 5.41) is 0. The van der Waals surface area contributed by atoms with E-state index in [2.05, 4.69) is 12.1 Å². The summed E-state index contributed by atoms with van der Waals surface area (Å²) in [7, 11) is 3.30. The third-order valence-corrected chi connectivity index (χ3v) is 6.04. The molecule has 1 amide bonds. The highest BCUT2D eigenvalue weighted by molar-refractivity contribution is 5.75. The average Bonchev–Trinajstić information content (AvgIpc) is 2.78. The lowest BCUT2D eigenvalue weighted by Gasteiger charge is -2.44. The van der Waals surface area contributed by atoms with Gasteiger partial charge in [0, 0.05) is 25.8 Å². The second kappa shape index (κ2) is 9.45. The van der Waals surface area contributed by atoms with Crippen LogP contribution in [0, 0.1) is 0 Å². The number of benzene rings is 2. The summed E-state index contributed by atoms with van der Waals surface area (Å²) in [4.78, 5) is 14.9. The zero-order valence-electron chi connectivity index (χ0n) is 17.6. The smallest absolute Gasteiger partial charge is 0.410 e. The van der Waals surface area contributed by atoms with Crippen molar-refractivity contribution in [1.29, 1.82) is 0 Å². The molecule has 2 aromatic carbocycles. The number of rotatable bonds is 6. The Hall–Kier alpha value is -2.63. The number of ether oxygens (including phenoxy) is 3. The van der Waals surface area contributed by atoms with Crippen LogP contribution < -0.4 is 0 Å². The number of methoxy groups -OCH3 is 2. The van der Waals surface area contributed by atoms with Gasteiger partial charge in [-0.05, 0) is 42.4 Å². The maximum absolute atomic E-state index is 12.9. The van der Waals surface area contributed by atoms with E-state index in [4.69, 9.17) is 14.2 Å². The Kier molecular flexibility index (Phi) is 6.50. The van der Waals surface area contributed by atoms with E-state index in [1.165, 1.54) is 5.57 Å². The molecular formula is C25H29NO4. The summed E-state index contributed by atoms with van der Waals surface area (Å²) in [5.41, 5.74) is 4.42. The summed E-state index contributed by atoms with van der Waals surface area (Å²) >= 11 is 0. The molecule has 5 heteroatoms. The zero-order valence-corrected chi connectivity index (χ0v) is 17.6. The number of nitrogens with zero attached hydrogens (tertiary/aromatic N) is 1. The Balaban J connectivity index is 1.55. The minimum absolute atomic E-state index is 0.0624. The van der Waals surface area contributed by atoms with E-state index in [0.29, 0.717) is 6.61 Å². The van der Waals surface area contributed by atoms with Crippen LogP contribution in [0.3, 0.4) is 0 Å². The first kappa shape index (κ1) is 20.6. The third-order valence-electron chi connectivity index (χ3n) is 6.04. The molecule has 158 valence electrons. The Morgan fingerprint density at radius 3 is 2.50 bits per heavy atom. The van der Waals surface area contributed by atoms with E-state index in [-0.39, 0.29) is 18.2 Å². The second-order valence-electron chi connectivity index (χ2n) is 7.89. The van der Waals surface area contributed by atoms with Crippen LogP contribution in [-0.2, 0) is 20.8 Å². The topological polar surface area (TPSA) is 48.0 Å². The molecule has 0 aromatic heterocycles. The van der Waals surface area contributed by atoms with Gasteiger partial charge in [-0.1, -0.05) is 60.7 Å². The van der Waals surface area contributed by atoms with Crippen LogP contribution in [0.4, 0.5) is 4.79 Å². The van der Waals surface area contributed by atoms with Gasteiger partial charge >= 0.3 is 6.09 Å². The monoisotopic (exact) mass is 407 g/mol. The highest BCUT2D eigenvalue weighted by atomic mass is 16.7. The molecule has 2 aliphatic rings. The number of fused-ring (bicyclic) bond motifs is 2. The minimum atomic E-state index is -0.407. The van der Waals surface area contributed by atoms with Crippen molar-refractivity contribution in [2.45, 2.75) is 50.7 Å². The fraction of sp³-hybridized carbons (Fsp3) is 0.400. The van der Waals surface area contributed by atoms with E-state index in [1.54, 1.807) is 14.2 Å². The minimum Gasteiger partial charge on any atom is -0.445 e. The molecule has 5 nitrogen and oxygen atoms in total. The molecule has 4 rings (SSSR count). The predicted octanol–water partition coefficient (Wildman–Crippen LogP) is 5.33. The van der Waals surface area contributed by atoms with Crippen molar-refractivity contribution in [3.05, 3.63) is 77.4 Å². The van der Waals surface area contributed by atoms with Crippen molar-refractivity contribution in [1.82, 2.24) is 4.90 Å². The second-order valence-corrected chi connectivity index (χ2v) is 7.89. The SMILES string of the molecule is COC(OC)c1ccccc1C1=CC2CCCC(C1)N2C(=O)OCc1ccccc1. The van der Waals surface area contributed by atoms with E-state index in [1.807, 2.05) is 53.4 Å². The van der Waals surface area contributed by atoms with Crippen molar-refractivity contribution < 1.29 is 19.0 Å². The maximum atomic E-state index is 12.9. The Morgan fingerprint density at radius 1 is 1.03 bits per heavy atom. The highest BCUT2D eigenvalue weighted by Gasteiger charge is 2.38. The molecule has 2 heterocycles. The first-order valence-corrected chi connectivity index (χ1v) is 10.6. The maximum Gasteiger partial charge on any atom is 0.410 e. The first-order chi connectivity index (χ1) is 14.7. The zero-order chi connectivity index (χ0) is 20.9. The largest absolute Gasteiger partial charge is 0.445 e. The van der Waals surface area contributed by atoms with Gasteiger partial charge in [-0.25, -0.2) is 4.79 Å². The Morgan fingerprint density at radius 2 is 1.77 bits per heavy atom. The number of hydrogen-bond acceptors (Lipinski definition) is 4. The van der Waals surface area contributed by atoms with Gasteiger partial charge in [0.1, 0.15) is 6.61 Å². The van der Waals surface area contributed by atoms with Crippen LogP contribution in [-0.4, -0.2) is 37.3 Å². The molecule has 0 saturated carbocycles. The van der Waals surface area contributed by atoms with Gasteiger partial charge in [-0.15, -0.1) is 0 Å². The molecule has 2 unspecified atom stereocenters.